The first kappa shape index (κ1) is 17.2. The number of fused-ring (bicyclic) bond motifs is 1. The molecule has 1 aliphatic rings. The van der Waals surface area contributed by atoms with Crippen LogP contribution in [0.1, 0.15) is 31.1 Å². The summed E-state index contributed by atoms with van der Waals surface area (Å²) in [5, 5.41) is 0. The average molecular weight is 347 g/mol. The van der Waals surface area contributed by atoms with Gasteiger partial charge in [0.25, 0.3) is 0 Å². The van der Waals surface area contributed by atoms with Crippen molar-refractivity contribution in [1.82, 2.24) is 0 Å². The van der Waals surface area contributed by atoms with Gasteiger partial charge in [-0.3, -0.25) is 0 Å². The summed E-state index contributed by atoms with van der Waals surface area (Å²) in [4.78, 5) is 11.2. The Bertz CT molecular complexity index is 849. The molecule has 0 aliphatic heterocycles. The van der Waals surface area contributed by atoms with Gasteiger partial charge in [-0.25, -0.2) is 13.6 Å². The number of amides is 1. The monoisotopic (exact) mass is 347 g/mol. The van der Waals surface area contributed by atoms with Crippen molar-refractivity contribution in [3.05, 3.63) is 53.1 Å². The second-order valence-corrected chi connectivity index (χ2v) is 6.86. The molecule has 0 aromatic heterocycles. The normalized spacial score (nSPS) is 17.9. The average Bonchev–Trinajstić information content (AvgIpc) is 2.76. The lowest BCUT2D eigenvalue weighted by Gasteiger charge is -2.26. The molecule has 3 rings (SSSR count). The molecular formula is C19H19F2NO3. The van der Waals surface area contributed by atoms with E-state index in [0.717, 1.165) is 5.56 Å². The minimum atomic E-state index is -0.906. The van der Waals surface area contributed by atoms with Crippen molar-refractivity contribution in [2.45, 2.75) is 26.4 Å². The second kappa shape index (κ2) is 6.02. The molecule has 0 saturated heterocycles. The summed E-state index contributed by atoms with van der Waals surface area (Å²) in [5.74, 6) is -0.794. The smallest absolute Gasteiger partial charge is 0.405 e. The highest BCUT2D eigenvalue weighted by Gasteiger charge is 2.42. The molecule has 1 atom stereocenters. The van der Waals surface area contributed by atoms with E-state index in [1.807, 2.05) is 13.8 Å². The number of methoxy groups -OCH3 is 1. The van der Waals surface area contributed by atoms with Gasteiger partial charge in [0.2, 0.25) is 0 Å². The van der Waals surface area contributed by atoms with Crippen LogP contribution in [-0.4, -0.2) is 13.2 Å². The zero-order chi connectivity index (χ0) is 18.4. The Balaban J connectivity index is 2.08. The highest BCUT2D eigenvalue weighted by atomic mass is 19.1. The molecule has 4 nitrogen and oxygen atoms in total. The summed E-state index contributed by atoms with van der Waals surface area (Å²) in [6, 6.07) is 7.19. The Morgan fingerprint density at radius 1 is 1.16 bits per heavy atom. The lowest BCUT2D eigenvalue weighted by molar-refractivity contribution is 0.0391. The largest absolute Gasteiger partial charge is 0.497 e. The van der Waals surface area contributed by atoms with Crippen LogP contribution >= 0.6 is 0 Å². The summed E-state index contributed by atoms with van der Waals surface area (Å²) < 4.78 is 39.2. The van der Waals surface area contributed by atoms with Crippen molar-refractivity contribution >= 4 is 6.09 Å². The molecule has 2 aromatic carbocycles. The number of carbonyl (C=O) groups is 1. The van der Waals surface area contributed by atoms with Gasteiger partial charge in [-0.05, 0) is 41.8 Å². The highest BCUT2D eigenvalue weighted by Crippen LogP contribution is 2.49. The fourth-order valence-corrected chi connectivity index (χ4v) is 3.42. The maximum atomic E-state index is 14.7. The van der Waals surface area contributed by atoms with Crippen molar-refractivity contribution in [3.63, 3.8) is 0 Å². The standard InChI is InChI=1S/C19H19F2NO3/c1-19(2)9-10-6-14(12-5-4-11(24-3)7-15(12)20)16(21)8-13(10)17(19)25-18(22)23/h4-8,17H,9H2,1-3H3,(H2,22,23). The number of nitrogens with two attached hydrogens (primary N) is 1. The number of primary amides is 1. The van der Waals surface area contributed by atoms with Crippen LogP contribution in [0.2, 0.25) is 0 Å². The maximum absolute atomic E-state index is 14.7. The Kier molecular flexibility index (Phi) is 4.14. The van der Waals surface area contributed by atoms with Gasteiger partial charge in [0.05, 0.1) is 7.11 Å². The third kappa shape index (κ3) is 3.04. The van der Waals surface area contributed by atoms with Crippen LogP contribution < -0.4 is 10.5 Å². The van der Waals surface area contributed by atoms with Crippen LogP contribution in [0.4, 0.5) is 13.6 Å². The zero-order valence-corrected chi connectivity index (χ0v) is 14.2. The van der Waals surface area contributed by atoms with E-state index in [4.69, 9.17) is 15.2 Å². The molecular weight excluding hydrogens is 328 g/mol. The van der Waals surface area contributed by atoms with Gasteiger partial charge >= 0.3 is 6.09 Å². The molecule has 0 bridgehead atoms. The summed E-state index contributed by atoms with van der Waals surface area (Å²) in [7, 11) is 1.44. The van der Waals surface area contributed by atoms with Gasteiger partial charge in [-0.2, -0.15) is 0 Å². The predicted molar refractivity (Wildman–Crippen MR) is 89.2 cm³/mol. The number of rotatable bonds is 3. The van der Waals surface area contributed by atoms with E-state index in [1.54, 1.807) is 12.1 Å². The Hall–Kier alpha value is -2.63. The van der Waals surface area contributed by atoms with E-state index in [2.05, 4.69) is 0 Å². The van der Waals surface area contributed by atoms with E-state index < -0.39 is 29.2 Å². The highest BCUT2D eigenvalue weighted by molar-refractivity contribution is 5.69. The third-order valence-corrected chi connectivity index (χ3v) is 4.57. The van der Waals surface area contributed by atoms with Crippen LogP contribution in [0, 0.1) is 17.0 Å². The van der Waals surface area contributed by atoms with E-state index in [0.29, 0.717) is 17.7 Å². The summed E-state index contributed by atoms with van der Waals surface area (Å²) in [6.45, 7) is 3.82. The number of halogens is 2. The first-order valence-electron chi connectivity index (χ1n) is 7.85. The molecule has 0 radical (unpaired) electrons. The van der Waals surface area contributed by atoms with E-state index in [9.17, 15) is 13.6 Å². The SMILES string of the molecule is COc1ccc(-c2cc3c(cc2F)C(OC(N)=O)C(C)(C)C3)c(F)c1. The number of carbonyl (C=O) groups excluding carboxylic acids is 1. The fraction of sp³-hybridized carbons (Fsp3) is 0.316. The van der Waals surface area contributed by atoms with Crippen molar-refractivity contribution in [2.24, 2.45) is 11.1 Å². The van der Waals surface area contributed by atoms with Crippen LogP contribution in [0.5, 0.6) is 5.75 Å². The molecule has 132 valence electrons. The molecule has 6 heteroatoms. The Labute approximate surface area is 144 Å². The predicted octanol–water partition coefficient (Wildman–Crippen LogP) is 4.36. The van der Waals surface area contributed by atoms with E-state index in [-0.39, 0.29) is 11.1 Å². The minimum absolute atomic E-state index is 0.151. The van der Waals surface area contributed by atoms with Crippen molar-refractivity contribution < 1.29 is 23.0 Å². The first-order chi connectivity index (χ1) is 11.7. The fourth-order valence-electron chi connectivity index (χ4n) is 3.42. The Morgan fingerprint density at radius 3 is 2.44 bits per heavy atom. The molecule has 1 amide bonds. The first-order valence-corrected chi connectivity index (χ1v) is 7.85. The molecule has 25 heavy (non-hydrogen) atoms. The Morgan fingerprint density at radius 2 is 1.84 bits per heavy atom. The lowest BCUT2D eigenvalue weighted by atomic mass is 9.87. The lowest BCUT2D eigenvalue weighted by Crippen LogP contribution is -2.25. The van der Waals surface area contributed by atoms with E-state index in [1.165, 1.54) is 25.3 Å². The molecule has 1 aliphatic carbocycles. The van der Waals surface area contributed by atoms with Crippen molar-refractivity contribution in [1.29, 1.82) is 0 Å². The zero-order valence-electron chi connectivity index (χ0n) is 14.2. The van der Waals surface area contributed by atoms with Crippen LogP contribution in [-0.2, 0) is 11.2 Å². The summed E-state index contributed by atoms with van der Waals surface area (Å²) >= 11 is 0. The third-order valence-electron chi connectivity index (χ3n) is 4.57. The minimum Gasteiger partial charge on any atom is -0.497 e. The van der Waals surface area contributed by atoms with Gasteiger partial charge in [-0.1, -0.05) is 13.8 Å². The topological polar surface area (TPSA) is 61.6 Å². The molecule has 2 aromatic rings. The van der Waals surface area contributed by atoms with Crippen molar-refractivity contribution in [2.75, 3.05) is 7.11 Å². The number of hydrogen-bond acceptors (Lipinski definition) is 3. The van der Waals surface area contributed by atoms with Gasteiger partial charge in [0.1, 0.15) is 23.5 Å². The van der Waals surface area contributed by atoms with Gasteiger partial charge in [0.15, 0.2) is 0 Å². The summed E-state index contributed by atoms with van der Waals surface area (Å²) in [6.07, 6.45) is -0.980. The maximum Gasteiger partial charge on any atom is 0.405 e. The second-order valence-electron chi connectivity index (χ2n) is 6.86. The molecule has 2 N–H and O–H groups in total. The molecule has 1 unspecified atom stereocenters. The summed E-state index contributed by atoms with van der Waals surface area (Å²) in [5.41, 5.74) is 6.40. The van der Waals surface area contributed by atoms with Crippen LogP contribution in [0.25, 0.3) is 11.1 Å². The molecule has 0 fully saturated rings. The van der Waals surface area contributed by atoms with Crippen LogP contribution in [0.15, 0.2) is 30.3 Å². The van der Waals surface area contributed by atoms with Gasteiger partial charge < -0.3 is 15.2 Å². The quantitative estimate of drug-likeness (QED) is 0.897. The molecule has 0 spiro atoms. The van der Waals surface area contributed by atoms with Gasteiger partial charge in [-0.15, -0.1) is 0 Å². The van der Waals surface area contributed by atoms with Gasteiger partial charge in [0, 0.05) is 22.6 Å². The van der Waals surface area contributed by atoms with E-state index >= 15 is 0 Å². The van der Waals surface area contributed by atoms with Crippen molar-refractivity contribution in [3.8, 4) is 16.9 Å². The number of ether oxygens (including phenoxy) is 2. The van der Waals surface area contributed by atoms with Crippen LogP contribution in [0.3, 0.4) is 0 Å². The molecule has 0 saturated carbocycles. The number of hydrogen-bond donors (Lipinski definition) is 1. The number of benzene rings is 2. The molecule has 0 heterocycles.